The van der Waals surface area contributed by atoms with Crippen molar-refractivity contribution in [3.8, 4) is 0 Å². The lowest BCUT2D eigenvalue weighted by molar-refractivity contribution is -0.147. The number of piperidine rings is 1. The Morgan fingerprint density at radius 2 is 1.78 bits per heavy atom. The van der Waals surface area contributed by atoms with Gasteiger partial charge in [0.1, 0.15) is 19.2 Å². The van der Waals surface area contributed by atoms with E-state index < -0.39 is 30.0 Å². The monoisotopic (exact) mass is 624 g/mol. The summed E-state index contributed by atoms with van der Waals surface area (Å²) in [5.74, 6) is -1.81. The number of Topliss-reactive ketones (excluding diaryl/α,β-unsaturated/α-hetero) is 1. The molecule has 0 spiro atoms. The van der Waals surface area contributed by atoms with Crippen LogP contribution in [0.4, 0.5) is 0 Å². The number of ketones is 1. The fourth-order valence-corrected chi connectivity index (χ4v) is 6.75. The molecule has 10 heteroatoms. The van der Waals surface area contributed by atoms with Gasteiger partial charge in [-0.25, -0.2) is 0 Å². The van der Waals surface area contributed by atoms with E-state index in [1.54, 1.807) is 16.7 Å². The highest BCUT2D eigenvalue weighted by molar-refractivity contribution is 5.98. The van der Waals surface area contributed by atoms with Crippen molar-refractivity contribution in [3.05, 3.63) is 36.0 Å². The van der Waals surface area contributed by atoms with Crippen LogP contribution in [0.5, 0.6) is 0 Å². The molecule has 2 fully saturated rings. The second-order valence-corrected chi connectivity index (χ2v) is 12.9. The predicted octanol–water partition coefficient (Wildman–Crippen LogP) is 3.95. The number of nitrogens with zero attached hydrogens (tertiary/aromatic N) is 2. The topological polar surface area (TPSA) is 130 Å². The number of nitrogens with one attached hydrogen (secondary N) is 2. The Balaban J connectivity index is 1.66. The van der Waals surface area contributed by atoms with Crippen LogP contribution in [0.1, 0.15) is 97.0 Å². The summed E-state index contributed by atoms with van der Waals surface area (Å²) in [5.41, 5.74) is 1.67. The summed E-state index contributed by atoms with van der Waals surface area (Å²) in [6, 6.07) is 5.36. The average Bonchev–Trinajstić information content (AvgIpc) is 3.41. The van der Waals surface area contributed by atoms with Gasteiger partial charge in [-0.1, -0.05) is 64.7 Å². The number of rotatable bonds is 12. The molecule has 248 valence electrons. The van der Waals surface area contributed by atoms with Crippen LogP contribution in [0.2, 0.25) is 0 Å². The number of amides is 3. The SMILES string of the molecule is CCC(O)CCCCC[C@@H]1CC(=O)[C@H]2CCCCN2C(=O)[C@H](C(C)CC)NC(=O)[C@H](Cc2cn(OC)c3ccccc23)NC1=O. The number of hydrogen-bond acceptors (Lipinski definition) is 6. The molecule has 3 N–H and O–H groups in total. The van der Waals surface area contributed by atoms with E-state index in [1.807, 2.05) is 51.2 Å². The van der Waals surface area contributed by atoms with Crippen LogP contribution in [0.25, 0.3) is 10.9 Å². The van der Waals surface area contributed by atoms with Crippen molar-refractivity contribution in [2.45, 2.75) is 122 Å². The number of carbonyl (C=O) groups excluding carboxylic acids is 4. The van der Waals surface area contributed by atoms with Gasteiger partial charge in [-0.05, 0) is 56.1 Å². The molecule has 2 aliphatic heterocycles. The predicted molar refractivity (Wildman–Crippen MR) is 173 cm³/mol. The molecule has 2 aliphatic rings. The number of fused-ring (bicyclic) bond motifs is 2. The van der Waals surface area contributed by atoms with Gasteiger partial charge in [0.15, 0.2) is 5.78 Å². The molecule has 0 aliphatic carbocycles. The normalized spacial score (nSPS) is 24.7. The van der Waals surface area contributed by atoms with Gasteiger partial charge in [-0.2, -0.15) is 4.73 Å². The fraction of sp³-hybridized carbons (Fsp3) is 0.657. The third-order valence-corrected chi connectivity index (χ3v) is 9.83. The molecule has 2 aromatic rings. The number of hydrogen-bond donors (Lipinski definition) is 3. The minimum atomic E-state index is -0.957. The van der Waals surface area contributed by atoms with E-state index in [-0.39, 0.29) is 42.5 Å². The highest BCUT2D eigenvalue weighted by Gasteiger charge is 2.40. The number of carbonyl (C=O) groups is 4. The quantitative estimate of drug-likeness (QED) is 0.307. The summed E-state index contributed by atoms with van der Waals surface area (Å²) in [6.07, 6.45) is 8.91. The molecular weight excluding hydrogens is 572 g/mol. The molecule has 45 heavy (non-hydrogen) atoms. The lowest BCUT2D eigenvalue weighted by Gasteiger charge is -2.39. The summed E-state index contributed by atoms with van der Waals surface area (Å²) >= 11 is 0. The van der Waals surface area contributed by atoms with Gasteiger partial charge in [-0.15, -0.1) is 0 Å². The first-order chi connectivity index (χ1) is 21.7. The Kier molecular flexibility index (Phi) is 12.4. The summed E-state index contributed by atoms with van der Waals surface area (Å²) in [4.78, 5) is 63.1. The highest BCUT2D eigenvalue weighted by Crippen LogP contribution is 2.27. The molecule has 0 saturated carbocycles. The van der Waals surface area contributed by atoms with Gasteiger partial charge < -0.3 is 25.5 Å². The Hall–Kier alpha value is -3.40. The Morgan fingerprint density at radius 1 is 1.00 bits per heavy atom. The number of para-hydroxylation sites is 1. The Morgan fingerprint density at radius 3 is 2.51 bits per heavy atom. The van der Waals surface area contributed by atoms with Crippen LogP contribution in [0, 0.1) is 11.8 Å². The molecule has 3 amide bonds. The summed E-state index contributed by atoms with van der Waals surface area (Å²) in [5, 5.41) is 16.9. The molecular formula is C35H52N4O6. The lowest BCUT2D eigenvalue weighted by atomic mass is 9.87. The van der Waals surface area contributed by atoms with Crippen LogP contribution < -0.4 is 15.5 Å². The summed E-state index contributed by atoms with van der Waals surface area (Å²) < 4.78 is 1.64. The largest absolute Gasteiger partial charge is 0.417 e. The molecule has 2 unspecified atom stereocenters. The number of aliphatic hydroxyl groups is 1. The van der Waals surface area contributed by atoms with Gasteiger partial charge in [0.05, 0.1) is 17.7 Å². The van der Waals surface area contributed by atoms with Gasteiger partial charge in [0.2, 0.25) is 17.7 Å². The molecule has 0 radical (unpaired) electrons. The van der Waals surface area contributed by atoms with Crippen LogP contribution >= 0.6 is 0 Å². The van der Waals surface area contributed by atoms with Crippen molar-refractivity contribution in [2.75, 3.05) is 13.7 Å². The van der Waals surface area contributed by atoms with Crippen molar-refractivity contribution in [1.82, 2.24) is 20.3 Å². The van der Waals surface area contributed by atoms with Crippen molar-refractivity contribution in [3.63, 3.8) is 0 Å². The second kappa shape index (κ2) is 16.2. The van der Waals surface area contributed by atoms with Gasteiger partial charge in [0.25, 0.3) is 0 Å². The second-order valence-electron chi connectivity index (χ2n) is 12.9. The number of aromatic nitrogens is 1. The van der Waals surface area contributed by atoms with Crippen LogP contribution in [-0.4, -0.2) is 76.1 Å². The van der Waals surface area contributed by atoms with Crippen molar-refractivity contribution < 1.29 is 29.1 Å². The first kappa shape index (κ1) is 34.5. The maximum Gasteiger partial charge on any atom is 0.246 e. The minimum absolute atomic E-state index is 0.0309. The lowest BCUT2D eigenvalue weighted by Crippen LogP contribution is -2.61. The highest BCUT2D eigenvalue weighted by atomic mass is 16.6. The van der Waals surface area contributed by atoms with E-state index >= 15 is 0 Å². The average molecular weight is 625 g/mol. The van der Waals surface area contributed by atoms with E-state index in [1.165, 1.54) is 0 Å². The first-order valence-corrected chi connectivity index (χ1v) is 16.9. The molecule has 1 aromatic carbocycles. The summed E-state index contributed by atoms with van der Waals surface area (Å²) in [7, 11) is 1.57. The maximum atomic E-state index is 14.1. The molecule has 2 saturated heterocycles. The smallest absolute Gasteiger partial charge is 0.246 e. The van der Waals surface area contributed by atoms with E-state index in [4.69, 9.17) is 4.84 Å². The van der Waals surface area contributed by atoms with E-state index in [9.17, 15) is 24.3 Å². The Labute approximate surface area is 267 Å². The van der Waals surface area contributed by atoms with Gasteiger partial charge in [0, 0.05) is 36.9 Å². The fourth-order valence-electron chi connectivity index (χ4n) is 6.75. The van der Waals surface area contributed by atoms with Gasteiger partial charge >= 0.3 is 0 Å². The van der Waals surface area contributed by atoms with Crippen molar-refractivity contribution in [2.24, 2.45) is 11.8 Å². The van der Waals surface area contributed by atoms with E-state index in [0.29, 0.717) is 38.6 Å². The van der Waals surface area contributed by atoms with Crippen molar-refractivity contribution in [1.29, 1.82) is 0 Å². The van der Waals surface area contributed by atoms with Crippen LogP contribution in [0.15, 0.2) is 30.5 Å². The van der Waals surface area contributed by atoms with Crippen molar-refractivity contribution >= 4 is 34.4 Å². The first-order valence-electron chi connectivity index (χ1n) is 16.9. The molecule has 4 rings (SSSR count). The standard InChI is InChI=1S/C35H52N4O6/c1-5-23(3)32-35(44)38-19-13-12-18-30(38)31(41)21-24(14-8-7-9-15-26(40)6-2)33(42)36-28(34(43)37-32)20-25-22-39(45-4)29-17-11-10-16-27(25)29/h10-11,16-17,22-24,26,28,30,32,40H,5-9,12-15,18-21H2,1-4H3,(H,36,42)(H,37,43)/t23?,24-,26?,28+,30-,32+/m1/s1. The van der Waals surface area contributed by atoms with Gasteiger partial charge in [-0.3, -0.25) is 19.2 Å². The van der Waals surface area contributed by atoms with E-state index in [2.05, 4.69) is 10.6 Å². The molecule has 10 nitrogen and oxygen atoms in total. The van der Waals surface area contributed by atoms with E-state index in [0.717, 1.165) is 48.6 Å². The molecule has 6 atom stereocenters. The minimum Gasteiger partial charge on any atom is -0.417 e. The Bertz CT molecular complexity index is 1320. The third kappa shape index (κ3) is 8.45. The molecule has 3 heterocycles. The van der Waals surface area contributed by atoms with Crippen LogP contribution in [0.3, 0.4) is 0 Å². The molecule has 0 bridgehead atoms. The zero-order chi connectivity index (χ0) is 32.5. The number of benzene rings is 1. The third-order valence-electron chi connectivity index (χ3n) is 9.83. The number of aliphatic hydroxyl groups excluding tert-OH is 1. The molecule has 1 aromatic heterocycles. The summed E-state index contributed by atoms with van der Waals surface area (Å²) in [6.45, 7) is 6.33. The zero-order valence-electron chi connectivity index (χ0n) is 27.4. The maximum absolute atomic E-state index is 14.1. The number of unbranched alkanes of at least 4 members (excludes halogenated alkanes) is 2. The van der Waals surface area contributed by atoms with Crippen LogP contribution in [-0.2, 0) is 25.6 Å². The zero-order valence-corrected chi connectivity index (χ0v) is 27.4.